The van der Waals surface area contributed by atoms with Gasteiger partial charge in [0, 0.05) is 23.5 Å². The predicted octanol–water partition coefficient (Wildman–Crippen LogP) is 5.27. The number of anilines is 2. The smallest absolute Gasteiger partial charge is 0.237 e. The van der Waals surface area contributed by atoms with E-state index >= 15 is 0 Å². The van der Waals surface area contributed by atoms with E-state index in [0.29, 0.717) is 18.1 Å². The molecule has 2 aromatic carbocycles. The largest absolute Gasteiger partial charge is 0.337 e. The molecule has 1 aliphatic heterocycles. The van der Waals surface area contributed by atoms with Crippen molar-refractivity contribution in [1.29, 1.82) is 0 Å². The van der Waals surface area contributed by atoms with E-state index in [4.69, 9.17) is 4.98 Å². The van der Waals surface area contributed by atoms with Crippen molar-refractivity contribution in [3.8, 4) is 11.5 Å². The Morgan fingerprint density at radius 1 is 1.14 bits per heavy atom. The Bertz CT molecular complexity index is 1470. The van der Waals surface area contributed by atoms with Crippen LogP contribution in [0.2, 0.25) is 0 Å². The van der Waals surface area contributed by atoms with Crippen LogP contribution in [0.5, 0.6) is 0 Å². The van der Waals surface area contributed by atoms with Crippen LogP contribution in [0.4, 0.5) is 11.4 Å². The molecule has 3 heterocycles. The molecular formula is C27H30N6O2. The molecule has 4 aromatic rings. The van der Waals surface area contributed by atoms with Crippen LogP contribution in [0.15, 0.2) is 30.3 Å². The van der Waals surface area contributed by atoms with Crippen molar-refractivity contribution in [3.63, 3.8) is 0 Å². The maximum absolute atomic E-state index is 12.9. The van der Waals surface area contributed by atoms with Crippen LogP contribution in [-0.4, -0.2) is 38.5 Å². The molecule has 0 saturated heterocycles. The molecular weight excluding hydrogens is 440 g/mol. The lowest BCUT2D eigenvalue weighted by Crippen LogP contribution is -2.35. The summed E-state index contributed by atoms with van der Waals surface area (Å²) >= 11 is 0. The minimum absolute atomic E-state index is 0.0967. The van der Waals surface area contributed by atoms with Crippen LogP contribution in [0.1, 0.15) is 58.4 Å². The molecule has 0 atom stereocenters. The topological polar surface area (TPSA) is 107 Å². The summed E-state index contributed by atoms with van der Waals surface area (Å²) < 4.78 is 0. The Morgan fingerprint density at radius 3 is 2.71 bits per heavy atom. The Kier molecular flexibility index (Phi) is 4.95. The number of H-pyrrole nitrogens is 2. The zero-order valence-electron chi connectivity index (χ0n) is 20.4. The average Bonchev–Trinajstić information content (AvgIpc) is 3.51. The first-order valence-corrected chi connectivity index (χ1v) is 12.5. The second kappa shape index (κ2) is 7.93. The molecule has 1 saturated carbocycles. The van der Waals surface area contributed by atoms with Crippen molar-refractivity contribution >= 4 is 45.1 Å². The van der Waals surface area contributed by atoms with E-state index in [1.54, 1.807) is 0 Å². The molecule has 0 radical (unpaired) electrons. The summed E-state index contributed by atoms with van der Waals surface area (Å²) in [6.07, 6.45) is 5.40. The number of likely N-dealkylation sites (N-methyl/N-ethyl adjacent to an activating group) is 1. The number of aromatic amines is 2. The number of nitrogens with zero attached hydrogens (tertiary/aromatic N) is 3. The minimum Gasteiger partial charge on any atom is -0.337 e. The number of carbonyl (C=O) groups is 2. The SMILES string of the molecule is CCN1C(=O)C(C)(C)c2cc3[nH]c(-c4n[nH]c5ccc(NC(=O)C6CCCCC6)cc45)nc3cc21. The Morgan fingerprint density at radius 2 is 1.94 bits per heavy atom. The first kappa shape index (κ1) is 21.8. The number of imidazole rings is 1. The maximum Gasteiger partial charge on any atom is 0.237 e. The maximum atomic E-state index is 12.9. The third-order valence-electron chi connectivity index (χ3n) is 7.69. The zero-order chi connectivity index (χ0) is 24.3. The number of benzene rings is 2. The van der Waals surface area contributed by atoms with Crippen molar-refractivity contribution in [2.75, 3.05) is 16.8 Å². The third kappa shape index (κ3) is 3.42. The zero-order valence-corrected chi connectivity index (χ0v) is 20.4. The number of aromatic nitrogens is 4. The molecule has 6 rings (SSSR count). The van der Waals surface area contributed by atoms with Crippen molar-refractivity contribution in [3.05, 3.63) is 35.9 Å². The molecule has 1 aliphatic carbocycles. The number of nitrogens with one attached hydrogen (secondary N) is 3. The summed E-state index contributed by atoms with van der Waals surface area (Å²) in [7, 11) is 0. The Hall–Kier alpha value is -3.68. The summed E-state index contributed by atoms with van der Waals surface area (Å²) in [5.74, 6) is 0.964. The summed E-state index contributed by atoms with van der Waals surface area (Å²) in [6.45, 7) is 6.55. The summed E-state index contributed by atoms with van der Waals surface area (Å²) in [5.41, 5.74) is 5.37. The highest BCUT2D eigenvalue weighted by molar-refractivity contribution is 6.09. The standard InChI is InChI=1S/C27H30N6O2/c1-4-33-22-14-21-20(13-18(22)27(2,3)26(33)35)29-24(30-21)23-17-12-16(10-11-19(17)31-32-23)28-25(34)15-8-6-5-7-9-15/h10-15H,4-9H2,1-3H3,(H,28,34)(H,29,30)(H,31,32). The number of fused-ring (bicyclic) bond motifs is 3. The number of rotatable bonds is 4. The average molecular weight is 471 g/mol. The van der Waals surface area contributed by atoms with Gasteiger partial charge in [0.2, 0.25) is 11.8 Å². The van der Waals surface area contributed by atoms with Gasteiger partial charge in [0.15, 0.2) is 5.82 Å². The fourth-order valence-electron chi connectivity index (χ4n) is 5.64. The van der Waals surface area contributed by atoms with Crippen LogP contribution in [0, 0.1) is 5.92 Å². The van der Waals surface area contributed by atoms with E-state index in [1.165, 1.54) is 6.42 Å². The van der Waals surface area contributed by atoms with Crippen LogP contribution < -0.4 is 10.2 Å². The van der Waals surface area contributed by atoms with Crippen LogP contribution in [0.3, 0.4) is 0 Å². The molecule has 3 N–H and O–H groups in total. The minimum atomic E-state index is -0.574. The molecule has 0 spiro atoms. The van der Waals surface area contributed by atoms with Gasteiger partial charge >= 0.3 is 0 Å². The van der Waals surface area contributed by atoms with Gasteiger partial charge in [0.05, 0.1) is 27.7 Å². The first-order chi connectivity index (χ1) is 16.9. The van der Waals surface area contributed by atoms with E-state index in [2.05, 4.69) is 20.5 Å². The van der Waals surface area contributed by atoms with Crippen LogP contribution in [0.25, 0.3) is 33.5 Å². The lowest BCUT2D eigenvalue weighted by molar-refractivity contribution is -0.122. The van der Waals surface area contributed by atoms with E-state index in [0.717, 1.165) is 64.6 Å². The van der Waals surface area contributed by atoms with Gasteiger partial charge in [-0.05, 0) is 69.5 Å². The van der Waals surface area contributed by atoms with Gasteiger partial charge in [-0.2, -0.15) is 5.10 Å². The van der Waals surface area contributed by atoms with E-state index < -0.39 is 5.41 Å². The lowest BCUT2D eigenvalue weighted by atomic mass is 9.86. The van der Waals surface area contributed by atoms with Crippen LogP contribution >= 0.6 is 0 Å². The Labute approximate surface area is 203 Å². The van der Waals surface area contributed by atoms with Gasteiger partial charge in [-0.15, -0.1) is 0 Å². The highest BCUT2D eigenvalue weighted by Gasteiger charge is 2.43. The molecule has 2 aliphatic rings. The number of hydrogen-bond donors (Lipinski definition) is 3. The normalized spacial score (nSPS) is 17.9. The molecule has 8 nitrogen and oxygen atoms in total. The molecule has 2 aromatic heterocycles. The third-order valence-corrected chi connectivity index (χ3v) is 7.69. The van der Waals surface area contributed by atoms with Crippen LogP contribution in [-0.2, 0) is 15.0 Å². The summed E-state index contributed by atoms with van der Waals surface area (Å²) in [4.78, 5) is 35.7. The van der Waals surface area contributed by atoms with E-state index in [9.17, 15) is 9.59 Å². The quantitative estimate of drug-likeness (QED) is 0.378. The van der Waals surface area contributed by atoms with Gasteiger partial charge in [-0.1, -0.05) is 19.3 Å². The van der Waals surface area contributed by atoms with Crippen molar-refractivity contribution < 1.29 is 9.59 Å². The second-order valence-corrected chi connectivity index (χ2v) is 10.3. The van der Waals surface area contributed by atoms with E-state index in [-0.39, 0.29) is 17.7 Å². The lowest BCUT2D eigenvalue weighted by Gasteiger charge is -2.20. The number of carbonyl (C=O) groups excluding carboxylic acids is 2. The summed E-state index contributed by atoms with van der Waals surface area (Å²) in [5, 5.41) is 11.6. The molecule has 180 valence electrons. The van der Waals surface area contributed by atoms with E-state index in [1.807, 2.05) is 56.0 Å². The molecule has 8 heteroatoms. The van der Waals surface area contributed by atoms with Gasteiger partial charge in [-0.3, -0.25) is 14.7 Å². The molecule has 35 heavy (non-hydrogen) atoms. The molecule has 2 amide bonds. The Balaban J connectivity index is 1.36. The predicted molar refractivity (Wildman–Crippen MR) is 137 cm³/mol. The molecule has 0 unspecified atom stereocenters. The monoisotopic (exact) mass is 470 g/mol. The highest BCUT2D eigenvalue weighted by atomic mass is 16.2. The van der Waals surface area contributed by atoms with Gasteiger partial charge in [0.1, 0.15) is 5.69 Å². The van der Waals surface area contributed by atoms with Gasteiger partial charge in [0.25, 0.3) is 0 Å². The highest BCUT2D eigenvalue weighted by Crippen LogP contribution is 2.43. The number of hydrogen-bond acceptors (Lipinski definition) is 4. The fraction of sp³-hybridized carbons (Fsp3) is 0.407. The fourth-order valence-corrected chi connectivity index (χ4v) is 5.64. The first-order valence-electron chi connectivity index (χ1n) is 12.5. The number of amides is 2. The van der Waals surface area contributed by atoms with Crippen molar-refractivity contribution in [2.45, 2.75) is 58.3 Å². The second-order valence-electron chi connectivity index (χ2n) is 10.3. The van der Waals surface area contributed by atoms with Gasteiger partial charge in [-0.25, -0.2) is 4.98 Å². The van der Waals surface area contributed by atoms with Crippen molar-refractivity contribution in [2.24, 2.45) is 5.92 Å². The summed E-state index contributed by atoms with van der Waals surface area (Å²) in [6, 6.07) is 9.84. The van der Waals surface area contributed by atoms with Gasteiger partial charge < -0.3 is 15.2 Å². The van der Waals surface area contributed by atoms with Crippen molar-refractivity contribution in [1.82, 2.24) is 20.2 Å². The molecule has 1 fully saturated rings. The molecule has 0 bridgehead atoms.